The highest BCUT2D eigenvalue weighted by Crippen LogP contribution is 2.15. The van der Waals surface area contributed by atoms with E-state index in [1.165, 1.54) is 12.1 Å². The zero-order valence-corrected chi connectivity index (χ0v) is 6.42. The van der Waals surface area contributed by atoms with Crippen LogP contribution in [0.2, 0.25) is 0 Å². The number of alkyl halides is 2. The largest absolute Gasteiger partial charge is 0.433 e. The normalized spacial score (nSPS) is 10.3. The molecule has 2 nitrogen and oxygen atoms in total. The molecule has 5 heteroatoms. The standard InChI is InChI=1S/C7H6BF2NO/c1-4-5(12-7(9)10)2-3-6(8)11-4/h2-3,7H,1H3. The number of ether oxygens (including phenoxy) is 1. The molecule has 1 aromatic heterocycles. The van der Waals surface area contributed by atoms with Crippen LogP contribution >= 0.6 is 0 Å². The van der Waals surface area contributed by atoms with Crippen LogP contribution in [-0.2, 0) is 0 Å². The van der Waals surface area contributed by atoms with E-state index in [-0.39, 0.29) is 11.3 Å². The Balaban J connectivity index is 2.86. The molecule has 0 spiro atoms. The fourth-order valence-electron chi connectivity index (χ4n) is 0.788. The minimum Gasteiger partial charge on any atom is -0.433 e. The Morgan fingerprint density at radius 2 is 2.17 bits per heavy atom. The fourth-order valence-corrected chi connectivity index (χ4v) is 0.788. The second-order valence-corrected chi connectivity index (χ2v) is 2.20. The number of hydrogen-bond donors (Lipinski definition) is 0. The van der Waals surface area contributed by atoms with E-state index in [2.05, 4.69) is 9.72 Å². The molecule has 1 rings (SSSR count). The van der Waals surface area contributed by atoms with Gasteiger partial charge in [-0.1, -0.05) is 0 Å². The number of aromatic nitrogens is 1. The van der Waals surface area contributed by atoms with Crippen LogP contribution in [0.4, 0.5) is 8.78 Å². The Morgan fingerprint density at radius 1 is 1.50 bits per heavy atom. The van der Waals surface area contributed by atoms with Gasteiger partial charge >= 0.3 is 6.61 Å². The van der Waals surface area contributed by atoms with Gasteiger partial charge < -0.3 is 4.74 Å². The maximum atomic E-state index is 11.7. The number of aryl methyl sites for hydroxylation is 1. The molecule has 0 saturated heterocycles. The molecule has 0 aliphatic carbocycles. The molecule has 0 aliphatic heterocycles. The first kappa shape index (κ1) is 8.97. The molecule has 0 saturated carbocycles. The van der Waals surface area contributed by atoms with E-state index in [0.717, 1.165) is 0 Å². The smallest absolute Gasteiger partial charge is 0.387 e. The van der Waals surface area contributed by atoms with Gasteiger partial charge in [0.15, 0.2) is 0 Å². The van der Waals surface area contributed by atoms with E-state index in [0.29, 0.717) is 5.69 Å². The zero-order chi connectivity index (χ0) is 9.14. The third-order valence-corrected chi connectivity index (χ3v) is 1.27. The molecule has 1 aromatic rings. The number of rotatable bonds is 2. The molecule has 0 aromatic carbocycles. The summed E-state index contributed by atoms with van der Waals surface area (Å²) in [6.07, 6.45) is 0. The van der Waals surface area contributed by atoms with E-state index < -0.39 is 6.61 Å². The van der Waals surface area contributed by atoms with Crippen LogP contribution in [0, 0.1) is 6.92 Å². The highest BCUT2D eigenvalue weighted by atomic mass is 19.3. The summed E-state index contributed by atoms with van der Waals surface area (Å²) in [7, 11) is 5.30. The van der Waals surface area contributed by atoms with E-state index in [1.54, 1.807) is 6.92 Å². The van der Waals surface area contributed by atoms with Gasteiger partial charge in [0.1, 0.15) is 13.6 Å². The molecule has 0 unspecified atom stereocenters. The van der Waals surface area contributed by atoms with Crippen molar-refractivity contribution in [3.63, 3.8) is 0 Å². The van der Waals surface area contributed by atoms with Gasteiger partial charge in [-0.05, 0) is 24.6 Å². The third-order valence-electron chi connectivity index (χ3n) is 1.27. The lowest BCUT2D eigenvalue weighted by Crippen LogP contribution is -2.11. The molecule has 12 heavy (non-hydrogen) atoms. The molecule has 62 valence electrons. The van der Waals surface area contributed by atoms with Gasteiger partial charge in [0, 0.05) is 0 Å². The first-order chi connectivity index (χ1) is 5.59. The van der Waals surface area contributed by atoms with Crippen molar-refractivity contribution in [3.8, 4) is 5.75 Å². The van der Waals surface area contributed by atoms with Crippen LogP contribution in [0.15, 0.2) is 12.1 Å². The Hall–Kier alpha value is -1.13. The first-order valence-electron chi connectivity index (χ1n) is 3.27. The summed E-state index contributed by atoms with van der Waals surface area (Å²) in [5, 5.41) is 0. The second kappa shape index (κ2) is 3.52. The molecule has 0 atom stereocenters. The summed E-state index contributed by atoms with van der Waals surface area (Å²) in [5.74, 6) is 0.0548. The number of halogens is 2. The Morgan fingerprint density at radius 3 is 2.67 bits per heavy atom. The summed E-state index contributed by atoms with van der Waals surface area (Å²) >= 11 is 0. The predicted octanol–water partition coefficient (Wildman–Crippen LogP) is 0.785. The number of pyridine rings is 1. The van der Waals surface area contributed by atoms with Crippen molar-refractivity contribution in [3.05, 3.63) is 17.8 Å². The number of hydrogen-bond acceptors (Lipinski definition) is 2. The summed E-state index contributed by atoms with van der Waals surface area (Å²) in [6, 6.07) is 2.77. The number of nitrogens with zero attached hydrogens (tertiary/aromatic N) is 1. The second-order valence-electron chi connectivity index (χ2n) is 2.20. The van der Waals surface area contributed by atoms with Crippen molar-refractivity contribution in [2.24, 2.45) is 0 Å². The van der Waals surface area contributed by atoms with Crippen LogP contribution in [0.5, 0.6) is 5.75 Å². The van der Waals surface area contributed by atoms with E-state index in [4.69, 9.17) is 7.85 Å². The van der Waals surface area contributed by atoms with Crippen molar-refractivity contribution >= 4 is 13.4 Å². The van der Waals surface area contributed by atoms with Crippen molar-refractivity contribution < 1.29 is 13.5 Å². The Labute approximate surface area is 70.0 Å². The van der Waals surface area contributed by atoms with Gasteiger partial charge in [-0.3, -0.25) is 4.98 Å². The maximum absolute atomic E-state index is 11.7. The maximum Gasteiger partial charge on any atom is 0.387 e. The van der Waals surface area contributed by atoms with Crippen molar-refractivity contribution in [2.75, 3.05) is 0 Å². The summed E-state index contributed by atoms with van der Waals surface area (Å²) in [6.45, 7) is -1.28. The topological polar surface area (TPSA) is 22.1 Å². The highest BCUT2D eigenvalue weighted by Gasteiger charge is 2.06. The SMILES string of the molecule is [B]c1ccc(OC(F)F)c(C)n1. The molecule has 0 bridgehead atoms. The lowest BCUT2D eigenvalue weighted by molar-refractivity contribution is -0.0505. The van der Waals surface area contributed by atoms with Gasteiger partial charge in [-0.25, -0.2) is 0 Å². The Kier molecular flexibility index (Phi) is 2.63. The van der Waals surface area contributed by atoms with Crippen LogP contribution < -0.4 is 10.3 Å². The predicted molar refractivity (Wildman–Crippen MR) is 41.0 cm³/mol. The Bertz CT molecular complexity index is 280. The van der Waals surface area contributed by atoms with Crippen molar-refractivity contribution in [2.45, 2.75) is 13.5 Å². The van der Waals surface area contributed by atoms with E-state index in [1.807, 2.05) is 0 Å². The lowest BCUT2D eigenvalue weighted by atomic mass is 10.0. The van der Waals surface area contributed by atoms with Gasteiger partial charge in [-0.2, -0.15) is 8.78 Å². The van der Waals surface area contributed by atoms with Crippen LogP contribution in [0.25, 0.3) is 0 Å². The fraction of sp³-hybridized carbons (Fsp3) is 0.286. The molecular weight excluding hydrogens is 163 g/mol. The van der Waals surface area contributed by atoms with Crippen molar-refractivity contribution in [1.82, 2.24) is 4.98 Å². The van der Waals surface area contributed by atoms with Crippen LogP contribution in [-0.4, -0.2) is 19.4 Å². The minimum atomic E-state index is -2.82. The molecule has 1 heterocycles. The average molecular weight is 169 g/mol. The van der Waals surface area contributed by atoms with Crippen molar-refractivity contribution in [1.29, 1.82) is 0 Å². The first-order valence-corrected chi connectivity index (χ1v) is 3.27. The molecular formula is C7H6BF2NO. The molecule has 0 fully saturated rings. The lowest BCUT2D eigenvalue weighted by Gasteiger charge is -2.06. The molecule has 2 radical (unpaired) electrons. The molecule has 0 aliphatic rings. The van der Waals surface area contributed by atoms with E-state index >= 15 is 0 Å². The van der Waals surface area contributed by atoms with Gasteiger partial charge in [-0.15, -0.1) is 0 Å². The zero-order valence-electron chi connectivity index (χ0n) is 6.42. The minimum absolute atomic E-state index is 0.0548. The third kappa shape index (κ3) is 2.18. The molecule has 0 N–H and O–H groups in total. The molecule has 0 amide bonds. The summed E-state index contributed by atoms with van der Waals surface area (Å²) in [5.41, 5.74) is 0.643. The van der Waals surface area contributed by atoms with E-state index in [9.17, 15) is 8.78 Å². The highest BCUT2D eigenvalue weighted by molar-refractivity contribution is 6.30. The van der Waals surface area contributed by atoms with Gasteiger partial charge in [0.25, 0.3) is 0 Å². The quantitative estimate of drug-likeness (QED) is 0.610. The summed E-state index contributed by atoms with van der Waals surface area (Å²) in [4.78, 5) is 3.75. The van der Waals surface area contributed by atoms with Crippen LogP contribution in [0.1, 0.15) is 5.69 Å². The van der Waals surface area contributed by atoms with Gasteiger partial charge in [0.05, 0.1) is 5.69 Å². The monoisotopic (exact) mass is 169 g/mol. The van der Waals surface area contributed by atoms with Gasteiger partial charge in [0.2, 0.25) is 0 Å². The average Bonchev–Trinajstić information content (AvgIpc) is 1.94. The van der Waals surface area contributed by atoms with Crippen LogP contribution in [0.3, 0.4) is 0 Å². The summed E-state index contributed by atoms with van der Waals surface area (Å²) < 4.78 is 27.6.